The summed E-state index contributed by atoms with van der Waals surface area (Å²) in [6.45, 7) is 4.64. The number of anilines is 1. The van der Waals surface area contributed by atoms with Gasteiger partial charge in [0, 0.05) is 25.9 Å². The number of ether oxygens (including phenoxy) is 1. The molecule has 0 saturated heterocycles. The minimum atomic E-state index is -3.58. The Morgan fingerprint density at radius 1 is 1.35 bits per heavy atom. The van der Waals surface area contributed by atoms with Crippen molar-refractivity contribution in [3.05, 3.63) is 18.3 Å². The van der Waals surface area contributed by atoms with Crippen molar-refractivity contribution in [1.82, 2.24) is 9.29 Å². The van der Waals surface area contributed by atoms with E-state index in [9.17, 15) is 8.42 Å². The second kappa shape index (κ2) is 7.56. The van der Waals surface area contributed by atoms with E-state index in [0.717, 1.165) is 12.8 Å². The van der Waals surface area contributed by atoms with Gasteiger partial charge in [-0.2, -0.15) is 4.31 Å². The number of methoxy groups -OCH3 is 1. The number of nitrogens with zero attached hydrogens (tertiary/aromatic N) is 2. The predicted molar refractivity (Wildman–Crippen MR) is 78.8 cm³/mol. The van der Waals surface area contributed by atoms with Crippen molar-refractivity contribution < 1.29 is 13.2 Å². The van der Waals surface area contributed by atoms with Crippen LogP contribution in [0.2, 0.25) is 0 Å². The van der Waals surface area contributed by atoms with Gasteiger partial charge in [0.25, 0.3) is 0 Å². The lowest BCUT2D eigenvalue weighted by Gasteiger charge is -2.29. The maximum absolute atomic E-state index is 12.7. The lowest BCUT2D eigenvalue weighted by Crippen LogP contribution is -2.41. The van der Waals surface area contributed by atoms with Gasteiger partial charge in [-0.3, -0.25) is 0 Å². The zero-order chi connectivity index (χ0) is 15.2. The third kappa shape index (κ3) is 3.91. The van der Waals surface area contributed by atoms with Crippen LogP contribution in [-0.4, -0.2) is 44.0 Å². The number of pyridine rings is 1. The Labute approximate surface area is 121 Å². The molecule has 20 heavy (non-hydrogen) atoms. The summed E-state index contributed by atoms with van der Waals surface area (Å²) in [5.41, 5.74) is 5.50. The number of hydrogen-bond acceptors (Lipinski definition) is 5. The first-order chi connectivity index (χ1) is 9.47. The van der Waals surface area contributed by atoms with Crippen molar-refractivity contribution >= 4 is 15.8 Å². The average molecular weight is 301 g/mol. The number of rotatable bonds is 8. The van der Waals surface area contributed by atoms with Gasteiger partial charge in [0.1, 0.15) is 10.7 Å². The second-order valence-corrected chi connectivity index (χ2v) is 6.39. The Morgan fingerprint density at radius 3 is 2.45 bits per heavy atom. The van der Waals surface area contributed by atoms with Gasteiger partial charge < -0.3 is 10.5 Å². The molecule has 0 aromatic carbocycles. The molecule has 1 aromatic heterocycles. The highest BCUT2D eigenvalue weighted by Crippen LogP contribution is 2.21. The fourth-order valence-electron chi connectivity index (χ4n) is 2.06. The Morgan fingerprint density at radius 2 is 2.00 bits per heavy atom. The van der Waals surface area contributed by atoms with Crippen LogP contribution in [0.15, 0.2) is 23.2 Å². The van der Waals surface area contributed by atoms with Crippen LogP contribution in [0.25, 0.3) is 0 Å². The van der Waals surface area contributed by atoms with Crippen LogP contribution >= 0.6 is 0 Å². The first-order valence-electron chi connectivity index (χ1n) is 6.69. The van der Waals surface area contributed by atoms with Gasteiger partial charge in [0.05, 0.1) is 6.61 Å². The third-order valence-electron chi connectivity index (χ3n) is 3.23. The number of nitrogens with two attached hydrogens (primary N) is 1. The molecule has 0 unspecified atom stereocenters. The maximum atomic E-state index is 12.7. The van der Waals surface area contributed by atoms with E-state index >= 15 is 0 Å². The molecule has 1 aromatic rings. The first-order valence-corrected chi connectivity index (χ1v) is 8.13. The third-order valence-corrected chi connectivity index (χ3v) is 5.17. The Bertz CT molecular complexity index is 498. The van der Waals surface area contributed by atoms with Crippen molar-refractivity contribution in [3.8, 4) is 0 Å². The molecule has 0 saturated carbocycles. The van der Waals surface area contributed by atoms with Gasteiger partial charge in [0.15, 0.2) is 0 Å². The summed E-state index contributed by atoms with van der Waals surface area (Å²) in [6.07, 6.45) is 2.80. The van der Waals surface area contributed by atoms with E-state index in [4.69, 9.17) is 10.5 Å². The van der Waals surface area contributed by atoms with Crippen LogP contribution < -0.4 is 5.73 Å². The molecular weight excluding hydrogens is 278 g/mol. The minimum Gasteiger partial charge on any atom is -0.384 e. The summed E-state index contributed by atoms with van der Waals surface area (Å²) < 4.78 is 31.9. The molecule has 1 rings (SSSR count). The van der Waals surface area contributed by atoms with Crippen molar-refractivity contribution in [2.45, 2.75) is 37.6 Å². The molecule has 6 nitrogen and oxygen atoms in total. The first kappa shape index (κ1) is 16.9. The molecule has 0 radical (unpaired) electrons. The Balaban J connectivity index is 3.12. The number of nitrogen functional groups attached to an aromatic ring is 1. The zero-order valence-corrected chi connectivity index (χ0v) is 13.1. The summed E-state index contributed by atoms with van der Waals surface area (Å²) in [5.74, 6) is 0.301. The molecule has 0 atom stereocenters. The minimum absolute atomic E-state index is 0.0484. The van der Waals surface area contributed by atoms with E-state index in [2.05, 4.69) is 4.98 Å². The highest BCUT2D eigenvalue weighted by molar-refractivity contribution is 7.89. The van der Waals surface area contributed by atoms with Crippen molar-refractivity contribution in [1.29, 1.82) is 0 Å². The van der Waals surface area contributed by atoms with E-state index in [1.165, 1.54) is 22.6 Å². The SMILES string of the molecule is CCC(CC)N(CCOC)S(=O)(=O)c1ccc(N)nc1. The number of hydrogen-bond donors (Lipinski definition) is 1. The maximum Gasteiger partial charge on any atom is 0.244 e. The fraction of sp³-hybridized carbons (Fsp3) is 0.615. The highest BCUT2D eigenvalue weighted by atomic mass is 32.2. The van der Waals surface area contributed by atoms with Gasteiger partial charge in [-0.05, 0) is 25.0 Å². The average Bonchev–Trinajstić information content (AvgIpc) is 2.43. The largest absolute Gasteiger partial charge is 0.384 e. The van der Waals surface area contributed by atoms with Crippen molar-refractivity contribution in [2.24, 2.45) is 0 Å². The van der Waals surface area contributed by atoms with Gasteiger partial charge >= 0.3 is 0 Å². The summed E-state index contributed by atoms with van der Waals surface area (Å²) in [5, 5.41) is 0. The number of aromatic nitrogens is 1. The van der Waals surface area contributed by atoms with Crippen LogP contribution in [-0.2, 0) is 14.8 Å². The normalized spacial score (nSPS) is 12.2. The molecule has 0 aliphatic carbocycles. The fourth-order valence-corrected chi connectivity index (χ4v) is 3.76. The zero-order valence-electron chi connectivity index (χ0n) is 12.2. The lowest BCUT2D eigenvalue weighted by atomic mass is 10.2. The number of sulfonamides is 1. The molecule has 7 heteroatoms. The molecule has 2 N–H and O–H groups in total. The second-order valence-electron chi connectivity index (χ2n) is 4.50. The van der Waals surface area contributed by atoms with Crippen molar-refractivity contribution in [3.63, 3.8) is 0 Å². The van der Waals surface area contributed by atoms with E-state index in [-0.39, 0.29) is 10.9 Å². The van der Waals surface area contributed by atoms with Crippen LogP contribution in [0, 0.1) is 0 Å². The molecule has 0 bridgehead atoms. The van der Waals surface area contributed by atoms with Crippen molar-refractivity contribution in [2.75, 3.05) is 26.0 Å². The van der Waals surface area contributed by atoms with E-state index in [0.29, 0.717) is 19.0 Å². The smallest absolute Gasteiger partial charge is 0.244 e. The van der Waals surface area contributed by atoms with Gasteiger partial charge in [0.2, 0.25) is 10.0 Å². The molecule has 0 aliphatic rings. The molecule has 1 heterocycles. The van der Waals surface area contributed by atoms with Crippen LogP contribution in [0.3, 0.4) is 0 Å². The Hall–Kier alpha value is -1.18. The Kier molecular flexibility index (Phi) is 6.38. The van der Waals surface area contributed by atoms with Gasteiger partial charge in [-0.25, -0.2) is 13.4 Å². The van der Waals surface area contributed by atoms with Crippen LogP contribution in [0.4, 0.5) is 5.82 Å². The molecule has 0 amide bonds. The quantitative estimate of drug-likeness (QED) is 0.786. The highest BCUT2D eigenvalue weighted by Gasteiger charge is 2.29. The van der Waals surface area contributed by atoms with Gasteiger partial charge in [-0.1, -0.05) is 13.8 Å². The van der Waals surface area contributed by atoms with E-state index in [1.807, 2.05) is 13.8 Å². The monoisotopic (exact) mass is 301 g/mol. The summed E-state index contributed by atoms with van der Waals surface area (Å²) in [6, 6.07) is 2.93. The molecule has 114 valence electrons. The lowest BCUT2D eigenvalue weighted by molar-refractivity contribution is 0.163. The topological polar surface area (TPSA) is 85.5 Å². The standard InChI is InChI=1S/C13H23N3O3S/c1-4-11(5-2)16(8-9-19-3)20(17,18)12-6-7-13(14)15-10-12/h6-7,10-11H,4-5,8-9H2,1-3H3,(H2,14,15). The molecule has 0 fully saturated rings. The molecule has 0 spiro atoms. The summed E-state index contributed by atoms with van der Waals surface area (Å²) in [7, 11) is -2.02. The summed E-state index contributed by atoms with van der Waals surface area (Å²) in [4.78, 5) is 4.02. The predicted octanol–water partition coefficient (Wildman–Crippen LogP) is 1.49. The van der Waals surface area contributed by atoms with E-state index < -0.39 is 10.0 Å². The summed E-state index contributed by atoms with van der Waals surface area (Å²) >= 11 is 0. The molecular formula is C13H23N3O3S. The van der Waals surface area contributed by atoms with Gasteiger partial charge in [-0.15, -0.1) is 0 Å². The van der Waals surface area contributed by atoms with Crippen LogP contribution in [0.1, 0.15) is 26.7 Å². The van der Waals surface area contributed by atoms with Crippen LogP contribution in [0.5, 0.6) is 0 Å². The molecule has 0 aliphatic heterocycles. The van der Waals surface area contributed by atoms with E-state index in [1.54, 1.807) is 7.11 Å².